The third-order valence-electron chi connectivity index (χ3n) is 3.59. The molecule has 3 aromatic rings. The van der Waals surface area contributed by atoms with Gasteiger partial charge in [-0.25, -0.2) is 5.43 Å². The van der Waals surface area contributed by atoms with Crippen molar-refractivity contribution in [1.29, 1.82) is 0 Å². The average molecular weight is 398 g/mol. The molecular weight excluding hydrogens is 382 g/mol. The van der Waals surface area contributed by atoms with Crippen LogP contribution in [0.2, 0.25) is 0 Å². The van der Waals surface area contributed by atoms with Crippen molar-refractivity contribution >= 4 is 28.1 Å². The van der Waals surface area contributed by atoms with E-state index in [4.69, 9.17) is 4.74 Å². The number of hydrogen-bond donors (Lipinski definition) is 1. The molecule has 0 aliphatic carbocycles. The van der Waals surface area contributed by atoms with E-state index >= 15 is 0 Å². The van der Waals surface area contributed by atoms with Crippen LogP contribution in [-0.4, -0.2) is 23.8 Å². The Labute approximate surface area is 154 Å². The second-order valence-corrected chi connectivity index (χ2v) is 6.11. The van der Waals surface area contributed by atoms with Crippen molar-refractivity contribution in [2.24, 2.45) is 5.10 Å². The summed E-state index contributed by atoms with van der Waals surface area (Å²) in [5.41, 5.74) is 4.66. The molecule has 0 aliphatic rings. The molecule has 6 heteroatoms. The summed E-state index contributed by atoms with van der Waals surface area (Å²) in [4.78, 5) is 12.5. The van der Waals surface area contributed by atoms with Crippen LogP contribution < -0.4 is 10.2 Å². The van der Waals surface area contributed by atoms with Gasteiger partial charge in [-0.3, -0.25) is 4.79 Å². The number of nitrogens with zero attached hydrogens (tertiary/aromatic N) is 2. The van der Waals surface area contributed by atoms with Crippen molar-refractivity contribution in [3.05, 3.63) is 82.6 Å². The molecule has 1 aromatic heterocycles. The van der Waals surface area contributed by atoms with E-state index in [1.807, 2.05) is 65.5 Å². The highest BCUT2D eigenvalue weighted by Gasteiger charge is 2.11. The Balaban J connectivity index is 1.79. The Morgan fingerprint density at radius 2 is 1.92 bits per heavy atom. The Bertz CT molecular complexity index is 905. The minimum absolute atomic E-state index is 0.283. The molecule has 0 spiro atoms. The highest BCUT2D eigenvalue weighted by molar-refractivity contribution is 9.10. The lowest BCUT2D eigenvalue weighted by atomic mass is 10.1. The normalized spacial score (nSPS) is 10.8. The summed E-state index contributed by atoms with van der Waals surface area (Å²) in [5.74, 6) is 0.392. The van der Waals surface area contributed by atoms with Gasteiger partial charge in [0.15, 0.2) is 0 Å². The molecule has 0 saturated heterocycles. The van der Waals surface area contributed by atoms with Crippen LogP contribution in [0.5, 0.6) is 5.75 Å². The Morgan fingerprint density at radius 3 is 2.68 bits per heavy atom. The number of hydrogen-bond acceptors (Lipinski definition) is 3. The zero-order chi connectivity index (χ0) is 17.6. The van der Waals surface area contributed by atoms with Crippen molar-refractivity contribution in [2.75, 3.05) is 7.11 Å². The maximum atomic E-state index is 12.5. The smallest absolute Gasteiger partial charge is 0.273 e. The van der Waals surface area contributed by atoms with Crippen LogP contribution in [-0.2, 0) is 0 Å². The largest absolute Gasteiger partial charge is 0.496 e. The van der Waals surface area contributed by atoms with Crippen molar-refractivity contribution in [2.45, 2.75) is 0 Å². The molecule has 0 radical (unpaired) electrons. The quantitative estimate of drug-likeness (QED) is 0.522. The van der Waals surface area contributed by atoms with Gasteiger partial charge in [-0.15, -0.1) is 0 Å². The number of halogens is 1. The average Bonchev–Trinajstić information content (AvgIpc) is 3.16. The van der Waals surface area contributed by atoms with Crippen molar-refractivity contribution in [3.63, 3.8) is 0 Å². The van der Waals surface area contributed by atoms with Crippen molar-refractivity contribution in [1.82, 2.24) is 9.99 Å². The minimum Gasteiger partial charge on any atom is -0.496 e. The van der Waals surface area contributed by atoms with E-state index in [1.54, 1.807) is 19.4 Å². The topological polar surface area (TPSA) is 55.6 Å². The zero-order valence-corrected chi connectivity index (χ0v) is 15.1. The van der Waals surface area contributed by atoms with Gasteiger partial charge in [0.1, 0.15) is 5.75 Å². The summed E-state index contributed by atoms with van der Waals surface area (Å²) in [5, 5.41) is 4.06. The van der Waals surface area contributed by atoms with Gasteiger partial charge in [-0.05, 0) is 42.5 Å². The fourth-order valence-electron chi connectivity index (χ4n) is 2.41. The van der Waals surface area contributed by atoms with Crippen molar-refractivity contribution in [3.8, 4) is 11.4 Å². The van der Waals surface area contributed by atoms with Gasteiger partial charge in [0.2, 0.25) is 0 Å². The molecule has 0 fully saturated rings. The number of rotatable bonds is 5. The van der Waals surface area contributed by atoms with Gasteiger partial charge in [-0.1, -0.05) is 28.1 Å². The number of para-hydroxylation sites is 1. The van der Waals surface area contributed by atoms with E-state index in [1.165, 1.54) is 0 Å². The van der Waals surface area contributed by atoms with E-state index in [0.29, 0.717) is 11.3 Å². The van der Waals surface area contributed by atoms with Crippen LogP contribution in [0.3, 0.4) is 0 Å². The van der Waals surface area contributed by atoms with Gasteiger partial charge in [-0.2, -0.15) is 5.10 Å². The molecule has 3 rings (SSSR count). The first-order valence-electron chi connectivity index (χ1n) is 7.58. The van der Waals surface area contributed by atoms with Gasteiger partial charge >= 0.3 is 0 Å². The van der Waals surface area contributed by atoms with Gasteiger partial charge in [0.25, 0.3) is 5.91 Å². The number of aromatic nitrogens is 1. The summed E-state index contributed by atoms with van der Waals surface area (Å²) in [6.07, 6.45) is 5.34. The lowest BCUT2D eigenvalue weighted by molar-refractivity contribution is 0.0955. The highest BCUT2D eigenvalue weighted by Crippen LogP contribution is 2.21. The van der Waals surface area contributed by atoms with E-state index in [2.05, 4.69) is 26.5 Å². The second kappa shape index (κ2) is 7.81. The van der Waals surface area contributed by atoms with Crippen LogP contribution >= 0.6 is 15.9 Å². The Hall–Kier alpha value is -2.86. The molecular formula is C19H16BrN3O2. The van der Waals surface area contributed by atoms with Gasteiger partial charge in [0, 0.05) is 22.4 Å². The minimum atomic E-state index is -0.283. The number of benzene rings is 2. The van der Waals surface area contributed by atoms with E-state index in [9.17, 15) is 4.79 Å². The fourth-order valence-corrected chi connectivity index (χ4v) is 2.79. The van der Waals surface area contributed by atoms with Crippen molar-refractivity contribution < 1.29 is 9.53 Å². The number of carbonyl (C=O) groups is 1. The molecule has 0 unspecified atom stereocenters. The fraction of sp³-hybridized carbons (Fsp3) is 0.0526. The second-order valence-electron chi connectivity index (χ2n) is 5.19. The highest BCUT2D eigenvalue weighted by atomic mass is 79.9. The number of methoxy groups -OCH3 is 1. The molecule has 5 nitrogen and oxygen atoms in total. The summed E-state index contributed by atoms with van der Waals surface area (Å²) < 4.78 is 8.07. The van der Waals surface area contributed by atoms with E-state index in [-0.39, 0.29) is 5.91 Å². The van der Waals surface area contributed by atoms with Crippen LogP contribution in [0, 0.1) is 0 Å². The first kappa shape index (κ1) is 17.0. The number of hydrazone groups is 1. The maximum Gasteiger partial charge on any atom is 0.273 e. The summed E-state index contributed by atoms with van der Waals surface area (Å²) in [6.45, 7) is 0. The Kier molecular flexibility index (Phi) is 5.30. The molecule has 0 aliphatic heterocycles. The summed E-state index contributed by atoms with van der Waals surface area (Å²) in [7, 11) is 1.59. The molecule has 25 heavy (non-hydrogen) atoms. The number of ether oxygens (including phenoxy) is 1. The molecule has 0 bridgehead atoms. The predicted octanol–water partition coefficient (Wildman–Crippen LogP) is 4.01. The molecule has 1 N–H and O–H groups in total. The summed E-state index contributed by atoms with van der Waals surface area (Å²) in [6, 6.07) is 16.7. The van der Waals surface area contributed by atoms with Crippen LogP contribution in [0.1, 0.15) is 15.9 Å². The molecule has 126 valence electrons. The molecule has 0 atom stereocenters. The van der Waals surface area contributed by atoms with Crippen LogP contribution in [0.4, 0.5) is 0 Å². The monoisotopic (exact) mass is 397 g/mol. The first-order chi connectivity index (χ1) is 12.2. The number of carbonyl (C=O) groups excluding carboxylic acids is 1. The van der Waals surface area contributed by atoms with E-state index < -0.39 is 0 Å². The maximum absolute atomic E-state index is 12.5. The van der Waals surface area contributed by atoms with Gasteiger partial charge < -0.3 is 9.30 Å². The zero-order valence-electron chi connectivity index (χ0n) is 13.5. The number of nitrogens with one attached hydrogen (secondary N) is 1. The van der Waals surface area contributed by atoms with Gasteiger partial charge in [0.05, 0.1) is 24.6 Å². The lowest BCUT2D eigenvalue weighted by Gasteiger charge is -2.09. The van der Waals surface area contributed by atoms with Crippen LogP contribution in [0.25, 0.3) is 5.69 Å². The molecule has 0 saturated carbocycles. The third-order valence-corrected chi connectivity index (χ3v) is 4.09. The predicted molar refractivity (Wildman–Crippen MR) is 102 cm³/mol. The standard InChI is InChI=1S/C19H16BrN3O2/c1-25-18-9-8-15(20)12-14(18)13-21-22-19(24)16-6-2-3-7-17(16)23-10-4-5-11-23/h2-13H,1H3,(H,22,24)/b21-13-. The molecule has 1 amide bonds. The third kappa shape index (κ3) is 3.97. The first-order valence-corrected chi connectivity index (χ1v) is 8.37. The molecule has 1 heterocycles. The SMILES string of the molecule is COc1ccc(Br)cc1/C=N\NC(=O)c1ccccc1-n1cccc1. The van der Waals surface area contributed by atoms with Crippen LogP contribution in [0.15, 0.2) is 76.6 Å². The number of amides is 1. The Morgan fingerprint density at radius 1 is 1.16 bits per heavy atom. The lowest BCUT2D eigenvalue weighted by Crippen LogP contribution is -2.19. The summed E-state index contributed by atoms with van der Waals surface area (Å²) >= 11 is 3.41. The van der Waals surface area contributed by atoms with E-state index in [0.717, 1.165) is 15.7 Å². The molecule has 2 aromatic carbocycles.